The summed E-state index contributed by atoms with van der Waals surface area (Å²) in [6, 6.07) is 0. The lowest BCUT2D eigenvalue weighted by molar-refractivity contribution is 0.00968. The molecule has 1 aliphatic heterocycles. The number of H-pyrrole nitrogens is 1. The van der Waals surface area contributed by atoms with Crippen molar-refractivity contribution < 1.29 is 4.74 Å². The molecular weight excluding hydrogens is 156 g/mol. The van der Waals surface area contributed by atoms with Gasteiger partial charge >= 0.3 is 0 Å². The first-order valence-electron chi connectivity index (χ1n) is 4.03. The summed E-state index contributed by atoms with van der Waals surface area (Å²) >= 11 is 0. The maximum absolute atomic E-state index is 5.55. The molecule has 12 heavy (non-hydrogen) atoms. The molecule has 2 heterocycles. The Hall–Kier alpha value is -1.10. The van der Waals surface area contributed by atoms with E-state index < -0.39 is 0 Å². The van der Waals surface area contributed by atoms with Crippen molar-refractivity contribution in [1.82, 2.24) is 15.2 Å². The summed E-state index contributed by atoms with van der Waals surface area (Å²) < 4.78 is 5.55. The summed E-state index contributed by atoms with van der Waals surface area (Å²) in [4.78, 5) is 4.05. The third-order valence-electron chi connectivity index (χ3n) is 2.22. The standard InChI is InChI=1S/C7H12N4O/c1-7(3-2-4-12-7)5-9-6(8)11-10-5/h2-4H2,1H3,(H3,8,9,10,11). The molecule has 1 saturated heterocycles. The zero-order valence-corrected chi connectivity index (χ0v) is 7.00. The van der Waals surface area contributed by atoms with Crippen LogP contribution < -0.4 is 5.73 Å². The van der Waals surface area contributed by atoms with Crippen LogP contribution in [0.15, 0.2) is 0 Å². The van der Waals surface area contributed by atoms with Crippen molar-refractivity contribution in [2.45, 2.75) is 25.4 Å². The number of nitrogens with zero attached hydrogens (tertiary/aromatic N) is 2. The number of nitrogens with two attached hydrogens (primary N) is 1. The Morgan fingerprint density at radius 1 is 1.67 bits per heavy atom. The van der Waals surface area contributed by atoms with Crippen LogP contribution in [0, 0.1) is 0 Å². The van der Waals surface area contributed by atoms with E-state index in [-0.39, 0.29) is 11.5 Å². The monoisotopic (exact) mass is 168 g/mol. The Bertz CT molecular complexity index is 277. The maximum Gasteiger partial charge on any atom is 0.239 e. The Morgan fingerprint density at radius 3 is 3.00 bits per heavy atom. The van der Waals surface area contributed by atoms with Crippen LogP contribution in [0.2, 0.25) is 0 Å². The number of rotatable bonds is 1. The molecule has 66 valence electrons. The zero-order chi connectivity index (χ0) is 8.60. The molecule has 2 rings (SSSR count). The van der Waals surface area contributed by atoms with Gasteiger partial charge in [0.25, 0.3) is 0 Å². The number of anilines is 1. The first-order valence-corrected chi connectivity index (χ1v) is 4.03. The third-order valence-corrected chi connectivity index (χ3v) is 2.22. The SMILES string of the molecule is CC1(c2nc(N)n[nH]2)CCCO1. The Balaban J connectivity index is 2.28. The molecule has 1 aromatic rings. The highest BCUT2D eigenvalue weighted by Crippen LogP contribution is 2.33. The number of hydrogen-bond donors (Lipinski definition) is 2. The van der Waals surface area contributed by atoms with Crippen LogP contribution >= 0.6 is 0 Å². The van der Waals surface area contributed by atoms with Crippen molar-refractivity contribution in [3.8, 4) is 0 Å². The third kappa shape index (κ3) is 1.06. The van der Waals surface area contributed by atoms with E-state index in [1.54, 1.807) is 0 Å². The average Bonchev–Trinajstić information content (AvgIpc) is 2.59. The lowest BCUT2D eigenvalue weighted by atomic mass is 10.0. The lowest BCUT2D eigenvalue weighted by Crippen LogP contribution is -2.21. The van der Waals surface area contributed by atoms with Crippen LogP contribution in [-0.2, 0) is 10.3 Å². The van der Waals surface area contributed by atoms with E-state index in [1.807, 2.05) is 6.92 Å². The molecule has 5 heteroatoms. The number of nitrogens with one attached hydrogen (secondary N) is 1. The number of aromatic amines is 1. The van der Waals surface area contributed by atoms with Gasteiger partial charge < -0.3 is 10.5 Å². The molecule has 1 fully saturated rings. The molecule has 5 nitrogen and oxygen atoms in total. The van der Waals surface area contributed by atoms with Crippen molar-refractivity contribution >= 4 is 5.95 Å². The molecule has 1 aromatic heterocycles. The molecule has 1 unspecified atom stereocenters. The van der Waals surface area contributed by atoms with Crippen molar-refractivity contribution in [1.29, 1.82) is 0 Å². The highest BCUT2D eigenvalue weighted by atomic mass is 16.5. The zero-order valence-electron chi connectivity index (χ0n) is 7.00. The van der Waals surface area contributed by atoms with Gasteiger partial charge in [-0.3, -0.25) is 5.10 Å². The van der Waals surface area contributed by atoms with Crippen molar-refractivity contribution in [2.24, 2.45) is 0 Å². The molecule has 1 atom stereocenters. The van der Waals surface area contributed by atoms with Crippen LogP contribution in [0.4, 0.5) is 5.95 Å². The predicted molar refractivity (Wildman–Crippen MR) is 43.3 cm³/mol. The second-order valence-corrected chi connectivity index (χ2v) is 3.23. The summed E-state index contributed by atoms with van der Waals surface area (Å²) in [5.41, 5.74) is 5.10. The minimum Gasteiger partial charge on any atom is -0.367 e. The average molecular weight is 168 g/mol. The Kier molecular flexibility index (Phi) is 1.54. The summed E-state index contributed by atoms with van der Waals surface area (Å²) in [5.74, 6) is 1.01. The van der Waals surface area contributed by atoms with E-state index in [4.69, 9.17) is 10.5 Å². The van der Waals surface area contributed by atoms with Crippen LogP contribution in [0.5, 0.6) is 0 Å². The fourth-order valence-electron chi connectivity index (χ4n) is 1.48. The highest BCUT2D eigenvalue weighted by Gasteiger charge is 2.34. The molecule has 0 bridgehead atoms. The molecule has 1 aliphatic rings. The summed E-state index contributed by atoms with van der Waals surface area (Å²) in [5, 5.41) is 6.54. The number of ether oxygens (including phenoxy) is 1. The minimum absolute atomic E-state index is 0.279. The van der Waals surface area contributed by atoms with Gasteiger partial charge in [-0.25, -0.2) is 0 Å². The highest BCUT2D eigenvalue weighted by molar-refractivity contribution is 5.16. The topological polar surface area (TPSA) is 76.8 Å². The molecule has 0 amide bonds. The van der Waals surface area contributed by atoms with Gasteiger partial charge in [0.05, 0.1) is 0 Å². The van der Waals surface area contributed by atoms with Crippen molar-refractivity contribution in [3.63, 3.8) is 0 Å². The summed E-state index contributed by atoms with van der Waals surface area (Å²) in [6.07, 6.45) is 2.04. The van der Waals surface area contributed by atoms with E-state index in [0.717, 1.165) is 25.3 Å². The molecule has 0 spiro atoms. The first-order chi connectivity index (χ1) is 5.71. The summed E-state index contributed by atoms with van der Waals surface area (Å²) in [7, 11) is 0. The molecule has 3 N–H and O–H groups in total. The molecule has 0 aliphatic carbocycles. The largest absolute Gasteiger partial charge is 0.367 e. The van der Waals surface area contributed by atoms with E-state index >= 15 is 0 Å². The van der Waals surface area contributed by atoms with Crippen LogP contribution in [0.1, 0.15) is 25.6 Å². The predicted octanol–water partition coefficient (Wildman–Crippen LogP) is 0.412. The Labute approximate surface area is 70.3 Å². The number of aromatic nitrogens is 3. The van der Waals surface area contributed by atoms with E-state index in [9.17, 15) is 0 Å². The van der Waals surface area contributed by atoms with Crippen LogP contribution in [0.3, 0.4) is 0 Å². The normalized spacial score (nSPS) is 29.4. The van der Waals surface area contributed by atoms with E-state index in [1.165, 1.54) is 0 Å². The second kappa shape index (κ2) is 2.45. The molecule has 0 aromatic carbocycles. The molecule has 0 radical (unpaired) electrons. The fourth-order valence-corrected chi connectivity index (χ4v) is 1.48. The van der Waals surface area contributed by atoms with Gasteiger partial charge in [-0.05, 0) is 19.8 Å². The van der Waals surface area contributed by atoms with Gasteiger partial charge in [0.2, 0.25) is 5.95 Å². The minimum atomic E-state index is -0.301. The van der Waals surface area contributed by atoms with Gasteiger partial charge in [-0.15, -0.1) is 5.10 Å². The van der Waals surface area contributed by atoms with Gasteiger partial charge in [0.1, 0.15) is 5.60 Å². The van der Waals surface area contributed by atoms with Gasteiger partial charge in [-0.2, -0.15) is 4.98 Å². The second-order valence-electron chi connectivity index (χ2n) is 3.23. The van der Waals surface area contributed by atoms with Crippen LogP contribution in [0.25, 0.3) is 0 Å². The quantitative estimate of drug-likeness (QED) is 0.636. The molecular formula is C7H12N4O. The summed E-state index contributed by atoms with van der Waals surface area (Å²) in [6.45, 7) is 2.79. The van der Waals surface area contributed by atoms with Gasteiger partial charge in [0, 0.05) is 6.61 Å². The van der Waals surface area contributed by atoms with Crippen molar-refractivity contribution in [3.05, 3.63) is 5.82 Å². The maximum atomic E-state index is 5.55. The fraction of sp³-hybridized carbons (Fsp3) is 0.714. The smallest absolute Gasteiger partial charge is 0.239 e. The number of nitrogen functional groups attached to an aromatic ring is 1. The van der Waals surface area contributed by atoms with Crippen molar-refractivity contribution in [2.75, 3.05) is 12.3 Å². The van der Waals surface area contributed by atoms with Crippen LogP contribution in [-0.4, -0.2) is 21.8 Å². The number of hydrogen-bond acceptors (Lipinski definition) is 4. The lowest BCUT2D eigenvalue weighted by Gasteiger charge is -2.18. The molecule has 0 saturated carbocycles. The Morgan fingerprint density at radius 2 is 2.50 bits per heavy atom. The van der Waals surface area contributed by atoms with E-state index in [0.29, 0.717) is 0 Å². The van der Waals surface area contributed by atoms with Gasteiger partial charge in [-0.1, -0.05) is 0 Å². The van der Waals surface area contributed by atoms with Gasteiger partial charge in [0.15, 0.2) is 5.82 Å². The van der Waals surface area contributed by atoms with E-state index in [2.05, 4.69) is 15.2 Å². The first kappa shape index (κ1) is 7.54.